The molecular formula is C30H34N4S. The van der Waals surface area contributed by atoms with Crippen molar-refractivity contribution in [2.45, 2.75) is 51.5 Å². The first-order valence-corrected chi connectivity index (χ1v) is 13.8. The van der Waals surface area contributed by atoms with Gasteiger partial charge in [0.1, 0.15) is 15.4 Å². The van der Waals surface area contributed by atoms with Crippen LogP contribution in [0.4, 0.5) is 0 Å². The zero-order valence-corrected chi connectivity index (χ0v) is 21.6. The number of thiazole rings is 1. The first-order valence-electron chi connectivity index (χ1n) is 13.0. The average molecular weight is 483 g/mol. The van der Waals surface area contributed by atoms with Crippen molar-refractivity contribution in [1.82, 2.24) is 20.2 Å². The molecule has 4 aromatic rings. The normalized spacial score (nSPS) is 17.0. The minimum Gasteiger partial charge on any atom is -0.313 e. The molecule has 0 radical (unpaired) electrons. The number of nitrogens with one attached hydrogen (secondary N) is 1. The highest BCUT2D eigenvalue weighted by Crippen LogP contribution is 2.53. The summed E-state index contributed by atoms with van der Waals surface area (Å²) in [6.07, 6.45) is 4.95. The minimum atomic E-state index is 0.0939. The molecule has 35 heavy (non-hydrogen) atoms. The van der Waals surface area contributed by atoms with Gasteiger partial charge in [0.15, 0.2) is 0 Å². The Morgan fingerprint density at radius 1 is 0.971 bits per heavy atom. The molecule has 6 rings (SSSR count). The summed E-state index contributed by atoms with van der Waals surface area (Å²) < 4.78 is 0. The highest BCUT2D eigenvalue weighted by atomic mass is 32.1. The summed E-state index contributed by atoms with van der Waals surface area (Å²) in [5.41, 5.74) is 8.96. The number of aryl methyl sites for hydroxylation is 2. The smallest absolute Gasteiger partial charge is 0.144 e. The van der Waals surface area contributed by atoms with Crippen molar-refractivity contribution in [3.63, 3.8) is 0 Å². The number of pyridine rings is 1. The Labute approximate surface area is 212 Å². The summed E-state index contributed by atoms with van der Waals surface area (Å²) in [5, 5.41) is 4.72. The molecular weight excluding hydrogens is 448 g/mol. The molecule has 1 saturated carbocycles. The van der Waals surface area contributed by atoms with E-state index in [1.165, 1.54) is 78.8 Å². The molecule has 0 spiro atoms. The second kappa shape index (κ2) is 9.45. The lowest BCUT2D eigenvalue weighted by Crippen LogP contribution is -2.38. The predicted molar refractivity (Wildman–Crippen MR) is 146 cm³/mol. The van der Waals surface area contributed by atoms with Crippen molar-refractivity contribution in [2.24, 2.45) is 0 Å². The van der Waals surface area contributed by atoms with Crippen LogP contribution >= 0.6 is 11.3 Å². The molecule has 0 bridgehead atoms. The largest absolute Gasteiger partial charge is 0.313 e. The maximum absolute atomic E-state index is 5.12. The van der Waals surface area contributed by atoms with E-state index in [1.807, 2.05) is 0 Å². The average Bonchev–Trinajstić information content (AvgIpc) is 3.54. The van der Waals surface area contributed by atoms with Crippen molar-refractivity contribution >= 4 is 21.7 Å². The van der Waals surface area contributed by atoms with E-state index in [9.17, 15) is 0 Å². The van der Waals surface area contributed by atoms with E-state index >= 15 is 0 Å². The molecule has 180 valence electrons. The summed E-state index contributed by atoms with van der Waals surface area (Å²) in [6.45, 7) is 10.3. The van der Waals surface area contributed by atoms with Gasteiger partial charge >= 0.3 is 0 Å². The Kier molecular flexibility index (Phi) is 6.17. The maximum atomic E-state index is 5.12. The Morgan fingerprint density at radius 2 is 1.74 bits per heavy atom. The molecule has 1 aliphatic heterocycles. The van der Waals surface area contributed by atoms with Crippen molar-refractivity contribution in [3.8, 4) is 10.6 Å². The lowest BCUT2D eigenvalue weighted by Gasteiger charge is -2.30. The third-order valence-electron chi connectivity index (χ3n) is 7.84. The molecule has 1 saturated heterocycles. The topological polar surface area (TPSA) is 41.1 Å². The van der Waals surface area contributed by atoms with E-state index in [4.69, 9.17) is 9.97 Å². The first kappa shape index (κ1) is 22.8. The third-order valence-corrected chi connectivity index (χ3v) is 8.86. The molecule has 1 aliphatic carbocycles. The van der Waals surface area contributed by atoms with E-state index in [0.717, 1.165) is 28.4 Å². The fourth-order valence-electron chi connectivity index (χ4n) is 5.42. The van der Waals surface area contributed by atoms with Gasteiger partial charge in [0.2, 0.25) is 0 Å². The van der Waals surface area contributed by atoms with Gasteiger partial charge in [-0.15, -0.1) is 0 Å². The molecule has 2 aliphatic rings. The van der Waals surface area contributed by atoms with Crippen LogP contribution in [0.1, 0.15) is 53.6 Å². The number of fused-ring (bicyclic) bond motifs is 1. The molecule has 0 atom stereocenters. The monoisotopic (exact) mass is 482 g/mol. The van der Waals surface area contributed by atoms with Gasteiger partial charge < -0.3 is 10.2 Å². The summed E-state index contributed by atoms with van der Waals surface area (Å²) in [5.74, 6) is 0. The standard InChI is InChI=1S/C30H34N4S/c1-21-18-23(19-22(2)25(21)20-31-14-6-15-34-16-7-17-34)28-32-26-10-11-27(33-29(26)35-28)30(12-13-30)24-8-4-3-5-9-24/h3-5,8-11,18-19,31H,6-7,12-17,20H2,1-2H3. The van der Waals surface area contributed by atoms with Crippen molar-refractivity contribution < 1.29 is 0 Å². The van der Waals surface area contributed by atoms with Gasteiger partial charge in [-0.25, -0.2) is 9.97 Å². The van der Waals surface area contributed by atoms with E-state index < -0.39 is 0 Å². The fourth-order valence-corrected chi connectivity index (χ4v) is 6.35. The summed E-state index contributed by atoms with van der Waals surface area (Å²) in [7, 11) is 0. The number of nitrogens with zero attached hydrogens (tertiary/aromatic N) is 3. The third kappa shape index (κ3) is 4.53. The number of benzene rings is 2. The van der Waals surface area contributed by atoms with Gasteiger partial charge in [0.05, 0.1) is 5.69 Å². The number of hydrogen-bond acceptors (Lipinski definition) is 5. The van der Waals surface area contributed by atoms with E-state index in [0.29, 0.717) is 0 Å². The zero-order valence-electron chi connectivity index (χ0n) is 20.8. The Balaban J connectivity index is 1.19. The van der Waals surface area contributed by atoms with E-state index in [-0.39, 0.29) is 5.41 Å². The highest BCUT2D eigenvalue weighted by molar-refractivity contribution is 7.21. The molecule has 4 nitrogen and oxygen atoms in total. The van der Waals surface area contributed by atoms with Gasteiger partial charge in [-0.2, -0.15) is 0 Å². The molecule has 0 amide bonds. The minimum absolute atomic E-state index is 0.0939. The van der Waals surface area contributed by atoms with Crippen molar-refractivity contribution in [3.05, 3.63) is 82.5 Å². The maximum Gasteiger partial charge on any atom is 0.144 e. The Bertz CT molecular complexity index is 1310. The summed E-state index contributed by atoms with van der Waals surface area (Å²) in [4.78, 5) is 13.7. The van der Waals surface area contributed by atoms with Gasteiger partial charge in [0.25, 0.3) is 0 Å². The van der Waals surface area contributed by atoms with Crippen molar-refractivity contribution in [1.29, 1.82) is 0 Å². The van der Waals surface area contributed by atoms with Gasteiger partial charge in [-0.1, -0.05) is 41.7 Å². The second-order valence-corrected chi connectivity index (χ2v) is 11.3. The van der Waals surface area contributed by atoms with Crippen LogP contribution in [0.2, 0.25) is 0 Å². The number of rotatable bonds is 9. The first-order chi connectivity index (χ1) is 17.1. The fraction of sp³-hybridized carbons (Fsp3) is 0.400. The van der Waals surface area contributed by atoms with Crippen LogP contribution in [0.25, 0.3) is 20.9 Å². The SMILES string of the molecule is Cc1cc(-c2nc3ccc(C4(c5ccccc5)CC4)nc3s2)cc(C)c1CNCCCN1CCC1. The van der Waals surface area contributed by atoms with Gasteiger partial charge in [-0.3, -0.25) is 0 Å². The second-order valence-electron chi connectivity index (χ2n) is 10.3. The summed E-state index contributed by atoms with van der Waals surface area (Å²) >= 11 is 1.72. The van der Waals surface area contributed by atoms with E-state index in [1.54, 1.807) is 11.3 Å². The molecule has 2 aromatic carbocycles. The van der Waals surface area contributed by atoms with Crippen molar-refractivity contribution in [2.75, 3.05) is 26.2 Å². The molecule has 5 heteroatoms. The quantitative estimate of drug-likeness (QED) is 0.287. The number of likely N-dealkylation sites (tertiary alicyclic amines) is 1. The molecule has 1 N–H and O–H groups in total. The Hall–Kier alpha value is -2.60. The zero-order chi connectivity index (χ0) is 23.8. The van der Waals surface area contributed by atoms with Crippen LogP contribution in [0.15, 0.2) is 54.6 Å². The predicted octanol–water partition coefficient (Wildman–Crippen LogP) is 6.24. The van der Waals surface area contributed by atoms with Crippen LogP contribution in [-0.4, -0.2) is 41.0 Å². The lowest BCUT2D eigenvalue weighted by atomic mass is 9.92. The summed E-state index contributed by atoms with van der Waals surface area (Å²) in [6, 6.07) is 19.8. The molecule has 3 heterocycles. The van der Waals surface area contributed by atoms with Crippen LogP contribution in [0.3, 0.4) is 0 Å². The lowest BCUT2D eigenvalue weighted by molar-refractivity contribution is 0.179. The van der Waals surface area contributed by atoms with Gasteiger partial charge in [-0.05, 0) is 112 Å². The van der Waals surface area contributed by atoms with Gasteiger partial charge in [0, 0.05) is 17.5 Å². The number of aromatic nitrogens is 2. The molecule has 0 unspecified atom stereocenters. The molecule has 2 fully saturated rings. The highest BCUT2D eigenvalue weighted by Gasteiger charge is 2.47. The van der Waals surface area contributed by atoms with Crippen LogP contribution in [0, 0.1) is 13.8 Å². The van der Waals surface area contributed by atoms with Crippen LogP contribution in [-0.2, 0) is 12.0 Å². The number of hydrogen-bond donors (Lipinski definition) is 1. The molecule has 2 aromatic heterocycles. The Morgan fingerprint density at radius 3 is 2.43 bits per heavy atom. The van der Waals surface area contributed by atoms with Crippen LogP contribution in [0.5, 0.6) is 0 Å². The van der Waals surface area contributed by atoms with E-state index in [2.05, 4.69) is 78.7 Å². The van der Waals surface area contributed by atoms with Crippen LogP contribution < -0.4 is 5.32 Å².